The molecule has 0 bridgehead atoms. The molecule has 1 aliphatic carbocycles. The van der Waals surface area contributed by atoms with E-state index in [0.717, 1.165) is 19.3 Å². The van der Waals surface area contributed by atoms with Crippen molar-refractivity contribution in [3.63, 3.8) is 0 Å². The predicted octanol–water partition coefficient (Wildman–Crippen LogP) is 4.76. The van der Waals surface area contributed by atoms with Gasteiger partial charge in [0.15, 0.2) is 0 Å². The average molecular weight is 274 g/mol. The van der Waals surface area contributed by atoms with Gasteiger partial charge in [-0.25, -0.2) is 4.79 Å². The van der Waals surface area contributed by atoms with Crippen molar-refractivity contribution in [3.05, 3.63) is 48.6 Å². The van der Waals surface area contributed by atoms with Gasteiger partial charge in [-0.05, 0) is 50.4 Å². The molecule has 0 aromatic carbocycles. The molecule has 0 spiro atoms. The van der Waals surface area contributed by atoms with E-state index in [1.165, 1.54) is 17.2 Å². The summed E-state index contributed by atoms with van der Waals surface area (Å²) in [4.78, 5) is 10.5. The Morgan fingerprint density at radius 3 is 2.55 bits per heavy atom. The number of hydrogen-bond donors (Lipinski definition) is 1. The molecule has 0 heterocycles. The minimum atomic E-state index is -0.906. The molecule has 1 saturated carbocycles. The lowest BCUT2D eigenvalue weighted by molar-refractivity contribution is -0.131. The van der Waals surface area contributed by atoms with Crippen molar-refractivity contribution in [2.24, 2.45) is 17.3 Å². The van der Waals surface area contributed by atoms with Gasteiger partial charge in [-0.15, -0.1) is 6.58 Å². The summed E-state index contributed by atoms with van der Waals surface area (Å²) in [5, 5.41) is 8.61. The molecule has 0 radical (unpaired) electrons. The predicted molar refractivity (Wildman–Crippen MR) is 84.5 cm³/mol. The van der Waals surface area contributed by atoms with Crippen molar-refractivity contribution in [1.29, 1.82) is 0 Å². The van der Waals surface area contributed by atoms with Crippen molar-refractivity contribution in [2.75, 3.05) is 0 Å². The van der Waals surface area contributed by atoms with E-state index in [-0.39, 0.29) is 5.41 Å². The smallest absolute Gasteiger partial charge is 0.328 e. The van der Waals surface area contributed by atoms with Crippen molar-refractivity contribution >= 4 is 5.97 Å². The van der Waals surface area contributed by atoms with E-state index in [0.29, 0.717) is 11.8 Å². The average Bonchev–Trinajstić information content (AvgIpc) is 2.38. The minimum absolute atomic E-state index is 0.138. The highest BCUT2D eigenvalue weighted by atomic mass is 16.4. The van der Waals surface area contributed by atoms with E-state index in [1.807, 2.05) is 6.08 Å². The summed E-state index contributed by atoms with van der Waals surface area (Å²) < 4.78 is 0. The van der Waals surface area contributed by atoms with E-state index >= 15 is 0 Å². The Bertz CT molecular complexity index is 456. The summed E-state index contributed by atoms with van der Waals surface area (Å²) in [5.41, 5.74) is 2.60. The molecule has 3 atom stereocenters. The zero-order chi connectivity index (χ0) is 15.3. The van der Waals surface area contributed by atoms with Crippen molar-refractivity contribution in [1.82, 2.24) is 0 Å². The first-order valence-corrected chi connectivity index (χ1v) is 7.17. The van der Waals surface area contributed by atoms with E-state index in [9.17, 15) is 4.79 Å². The van der Waals surface area contributed by atoms with Crippen LogP contribution >= 0.6 is 0 Å². The van der Waals surface area contributed by atoms with Crippen molar-refractivity contribution in [3.8, 4) is 0 Å². The highest BCUT2D eigenvalue weighted by Gasteiger charge is 2.38. The molecule has 2 heteroatoms. The van der Waals surface area contributed by atoms with Gasteiger partial charge >= 0.3 is 5.97 Å². The van der Waals surface area contributed by atoms with Gasteiger partial charge in [-0.3, -0.25) is 0 Å². The highest BCUT2D eigenvalue weighted by molar-refractivity contribution is 5.80. The largest absolute Gasteiger partial charge is 0.478 e. The third-order valence-electron chi connectivity index (χ3n) is 4.65. The Morgan fingerprint density at radius 1 is 1.40 bits per heavy atom. The minimum Gasteiger partial charge on any atom is -0.478 e. The third-order valence-corrected chi connectivity index (χ3v) is 4.65. The fourth-order valence-corrected chi connectivity index (χ4v) is 3.17. The van der Waals surface area contributed by atoms with Gasteiger partial charge in [0.2, 0.25) is 0 Å². The number of carbonyl (C=O) groups is 1. The van der Waals surface area contributed by atoms with Crippen LogP contribution in [0.3, 0.4) is 0 Å². The molecule has 20 heavy (non-hydrogen) atoms. The van der Waals surface area contributed by atoms with Crippen LogP contribution in [0.4, 0.5) is 0 Å². The third kappa shape index (κ3) is 3.96. The first-order chi connectivity index (χ1) is 9.30. The molecule has 1 N–H and O–H groups in total. The van der Waals surface area contributed by atoms with Crippen LogP contribution in [0.25, 0.3) is 0 Å². The number of hydrogen-bond acceptors (Lipinski definition) is 1. The fraction of sp³-hybridized carbons (Fsp3) is 0.500. The van der Waals surface area contributed by atoms with E-state index < -0.39 is 5.97 Å². The molecular formula is C18H26O2. The summed E-state index contributed by atoms with van der Waals surface area (Å²) in [7, 11) is 0. The standard InChI is InChI=1S/C18H26O2/c1-6-18(5)11-10-15(12-16(18)13(2)3)14(4)8-7-9-17(19)20/h6-9,15-16H,1-2,10-12H2,3-5H3,(H,19,20)/b9-7+,14-8+/t15-,16+,18-/m0/s1. The lowest BCUT2D eigenvalue weighted by Gasteiger charge is -2.43. The highest BCUT2D eigenvalue weighted by Crippen LogP contribution is 2.48. The van der Waals surface area contributed by atoms with Crippen LogP contribution in [0.2, 0.25) is 0 Å². The maximum Gasteiger partial charge on any atom is 0.328 e. The van der Waals surface area contributed by atoms with Crippen LogP contribution in [-0.4, -0.2) is 11.1 Å². The molecule has 0 aliphatic heterocycles. The fourth-order valence-electron chi connectivity index (χ4n) is 3.17. The second-order valence-corrected chi connectivity index (χ2v) is 6.19. The maximum atomic E-state index is 10.5. The zero-order valence-corrected chi connectivity index (χ0v) is 12.9. The molecule has 0 saturated heterocycles. The van der Waals surface area contributed by atoms with Crippen molar-refractivity contribution in [2.45, 2.75) is 40.0 Å². The first kappa shape index (κ1) is 16.5. The topological polar surface area (TPSA) is 37.3 Å². The van der Waals surface area contributed by atoms with Crippen LogP contribution < -0.4 is 0 Å². The van der Waals surface area contributed by atoms with Gasteiger partial charge in [0.25, 0.3) is 0 Å². The van der Waals surface area contributed by atoms with E-state index in [2.05, 4.69) is 40.0 Å². The molecule has 2 nitrogen and oxygen atoms in total. The molecule has 0 amide bonds. The van der Waals surface area contributed by atoms with Gasteiger partial charge in [0.05, 0.1) is 0 Å². The Labute approximate surface area is 122 Å². The number of rotatable bonds is 5. The molecule has 0 aromatic heterocycles. The second kappa shape index (κ2) is 6.74. The van der Waals surface area contributed by atoms with Crippen molar-refractivity contribution < 1.29 is 9.90 Å². The van der Waals surface area contributed by atoms with Crippen LogP contribution in [-0.2, 0) is 4.79 Å². The maximum absolute atomic E-state index is 10.5. The molecule has 1 fully saturated rings. The quantitative estimate of drug-likeness (QED) is 0.446. The summed E-state index contributed by atoms with van der Waals surface area (Å²) in [6, 6.07) is 0. The lowest BCUT2D eigenvalue weighted by Crippen LogP contribution is -2.33. The summed E-state index contributed by atoms with van der Waals surface area (Å²) in [5.74, 6) is 0.0467. The number of allylic oxidation sites excluding steroid dienone is 5. The molecule has 1 aliphatic rings. The number of carboxylic acid groups (broad SMARTS) is 1. The van der Waals surface area contributed by atoms with Crippen LogP contribution in [0, 0.1) is 17.3 Å². The van der Waals surface area contributed by atoms with Gasteiger partial charge in [-0.1, -0.05) is 42.9 Å². The van der Waals surface area contributed by atoms with Gasteiger partial charge < -0.3 is 5.11 Å². The molecule has 0 unspecified atom stereocenters. The Kier molecular flexibility index (Phi) is 5.55. The Hall–Kier alpha value is -1.57. The molecule has 1 rings (SSSR count). The summed E-state index contributed by atoms with van der Waals surface area (Å²) in [6.45, 7) is 14.6. The SMILES string of the molecule is C=C[C@@]1(C)CC[C@H](/C(C)=C/C=C/C(=O)O)C[C@@H]1C(=C)C. The molecule has 0 aromatic rings. The summed E-state index contributed by atoms with van der Waals surface area (Å²) in [6.07, 6.45) is 10.1. The number of carboxylic acids is 1. The summed E-state index contributed by atoms with van der Waals surface area (Å²) >= 11 is 0. The lowest BCUT2D eigenvalue weighted by atomic mass is 9.61. The first-order valence-electron chi connectivity index (χ1n) is 7.17. The van der Waals surface area contributed by atoms with Crippen LogP contribution in [0.15, 0.2) is 48.6 Å². The second-order valence-electron chi connectivity index (χ2n) is 6.19. The monoisotopic (exact) mass is 274 g/mol. The van der Waals surface area contributed by atoms with Crippen LogP contribution in [0.1, 0.15) is 40.0 Å². The zero-order valence-electron chi connectivity index (χ0n) is 12.9. The van der Waals surface area contributed by atoms with Gasteiger partial charge in [0, 0.05) is 6.08 Å². The Balaban J connectivity index is 2.84. The number of aliphatic carboxylic acids is 1. The normalized spacial score (nSPS) is 31.2. The molecule has 110 valence electrons. The Morgan fingerprint density at radius 2 is 2.05 bits per heavy atom. The van der Waals surface area contributed by atoms with E-state index in [1.54, 1.807) is 6.08 Å². The van der Waals surface area contributed by atoms with E-state index in [4.69, 9.17) is 5.11 Å². The van der Waals surface area contributed by atoms with Gasteiger partial charge in [-0.2, -0.15) is 0 Å². The van der Waals surface area contributed by atoms with Gasteiger partial charge in [0.1, 0.15) is 0 Å². The van der Waals surface area contributed by atoms with Crippen LogP contribution in [0.5, 0.6) is 0 Å². The molecular weight excluding hydrogens is 248 g/mol.